The number of alkyl halides is 1. The van der Waals surface area contributed by atoms with Crippen LogP contribution < -0.4 is 4.74 Å². The maximum atomic E-state index is 11.1. The predicted molar refractivity (Wildman–Crippen MR) is 68.8 cm³/mol. The van der Waals surface area contributed by atoms with Crippen molar-refractivity contribution in [1.29, 1.82) is 0 Å². The summed E-state index contributed by atoms with van der Waals surface area (Å²) in [5, 5.41) is 18.5. The van der Waals surface area contributed by atoms with Crippen LogP contribution in [0.1, 0.15) is 18.0 Å². The number of methoxy groups -OCH3 is 1. The van der Waals surface area contributed by atoms with Crippen LogP contribution in [0.4, 0.5) is 5.69 Å². The lowest BCUT2D eigenvalue weighted by Gasteiger charge is -2.04. The highest BCUT2D eigenvalue weighted by Crippen LogP contribution is 2.28. The molecule has 100 valence electrons. The highest BCUT2D eigenvalue weighted by atomic mass is 35.5. The molecule has 0 aliphatic carbocycles. The van der Waals surface area contributed by atoms with E-state index in [2.05, 4.69) is 10.3 Å². The van der Waals surface area contributed by atoms with Gasteiger partial charge in [-0.25, -0.2) is 4.68 Å². The van der Waals surface area contributed by atoms with Gasteiger partial charge in [0.1, 0.15) is 17.1 Å². The van der Waals surface area contributed by atoms with Gasteiger partial charge in [-0.3, -0.25) is 10.1 Å². The minimum atomic E-state index is -0.497. The monoisotopic (exact) mass is 282 g/mol. The van der Waals surface area contributed by atoms with E-state index in [9.17, 15) is 10.1 Å². The Bertz CT molecular complexity index is 612. The van der Waals surface area contributed by atoms with Gasteiger partial charge in [-0.1, -0.05) is 5.21 Å². The molecular weight excluding hydrogens is 272 g/mol. The second-order valence-electron chi connectivity index (χ2n) is 3.82. The van der Waals surface area contributed by atoms with Gasteiger partial charge in [0.25, 0.3) is 5.69 Å². The van der Waals surface area contributed by atoms with Crippen LogP contribution in [0, 0.1) is 10.1 Å². The maximum absolute atomic E-state index is 11.1. The van der Waals surface area contributed by atoms with E-state index in [-0.39, 0.29) is 11.1 Å². The molecule has 2 rings (SSSR count). The molecule has 0 fully saturated rings. The first kappa shape index (κ1) is 13.3. The van der Waals surface area contributed by atoms with E-state index in [1.165, 1.54) is 17.9 Å². The van der Waals surface area contributed by atoms with Crippen LogP contribution >= 0.6 is 11.6 Å². The third kappa shape index (κ3) is 2.65. The topological polar surface area (TPSA) is 83.1 Å². The smallest absolute Gasteiger partial charge is 0.298 e. The molecule has 1 heterocycles. The lowest BCUT2D eigenvalue weighted by atomic mass is 10.2. The lowest BCUT2D eigenvalue weighted by molar-refractivity contribution is -0.384. The summed E-state index contributed by atoms with van der Waals surface area (Å²) in [5.41, 5.74) is 0.742. The van der Waals surface area contributed by atoms with Gasteiger partial charge in [-0.05, 0) is 19.1 Å². The summed E-state index contributed by atoms with van der Waals surface area (Å²) in [7, 11) is 1.45. The van der Waals surface area contributed by atoms with E-state index >= 15 is 0 Å². The van der Waals surface area contributed by atoms with Gasteiger partial charge in [-0.2, -0.15) is 0 Å². The zero-order valence-corrected chi connectivity index (χ0v) is 11.0. The minimum absolute atomic E-state index is 0.113. The number of nitro groups is 1. The molecule has 2 aromatic rings. The number of hydrogen-bond donors (Lipinski definition) is 0. The Morgan fingerprint density at radius 3 is 2.79 bits per heavy atom. The fraction of sp³-hybridized carbons (Fsp3) is 0.273. The fourth-order valence-corrected chi connectivity index (χ4v) is 1.65. The van der Waals surface area contributed by atoms with Crippen molar-refractivity contribution in [3.05, 3.63) is 40.2 Å². The van der Waals surface area contributed by atoms with Crippen LogP contribution in [0.2, 0.25) is 0 Å². The van der Waals surface area contributed by atoms with Crippen molar-refractivity contribution in [2.45, 2.75) is 12.3 Å². The maximum Gasteiger partial charge on any atom is 0.298 e. The Balaban J connectivity index is 2.51. The van der Waals surface area contributed by atoms with Crippen molar-refractivity contribution >= 4 is 17.3 Å². The molecule has 0 spiro atoms. The van der Waals surface area contributed by atoms with Gasteiger partial charge in [-0.15, -0.1) is 16.7 Å². The summed E-state index contributed by atoms with van der Waals surface area (Å²) >= 11 is 5.88. The molecule has 19 heavy (non-hydrogen) atoms. The molecule has 1 aromatic carbocycles. The summed E-state index contributed by atoms with van der Waals surface area (Å²) < 4.78 is 6.29. The van der Waals surface area contributed by atoms with Crippen LogP contribution in [0.25, 0.3) is 5.69 Å². The quantitative estimate of drug-likeness (QED) is 0.489. The first-order valence-electron chi connectivity index (χ1n) is 5.42. The number of rotatable bonds is 4. The Morgan fingerprint density at radius 1 is 1.53 bits per heavy atom. The molecule has 0 N–H and O–H groups in total. The zero-order chi connectivity index (χ0) is 14.0. The number of nitro benzene ring substituents is 1. The first-order chi connectivity index (χ1) is 9.02. The van der Waals surface area contributed by atoms with E-state index in [4.69, 9.17) is 16.3 Å². The summed E-state index contributed by atoms with van der Waals surface area (Å²) in [5.74, 6) is 0.404. The van der Waals surface area contributed by atoms with E-state index < -0.39 is 4.92 Å². The Kier molecular flexibility index (Phi) is 3.66. The molecule has 0 radical (unpaired) electrons. The van der Waals surface area contributed by atoms with E-state index in [1.54, 1.807) is 25.3 Å². The third-order valence-electron chi connectivity index (χ3n) is 2.54. The van der Waals surface area contributed by atoms with Gasteiger partial charge < -0.3 is 4.74 Å². The molecule has 1 atom stereocenters. The standard InChI is InChI=1S/C11H11ClN4O3/c1-7(12)9-6-15(14-13-9)10-4-3-8(19-2)5-11(10)16(17)18/h3-7H,1-2H3. The van der Waals surface area contributed by atoms with Gasteiger partial charge in [0, 0.05) is 0 Å². The number of ether oxygens (including phenoxy) is 1. The molecule has 0 bridgehead atoms. The van der Waals surface area contributed by atoms with Crippen LogP contribution in [0.15, 0.2) is 24.4 Å². The van der Waals surface area contributed by atoms with Crippen LogP contribution in [-0.2, 0) is 0 Å². The molecule has 0 aliphatic heterocycles. The average molecular weight is 283 g/mol. The molecule has 1 aromatic heterocycles. The zero-order valence-electron chi connectivity index (χ0n) is 10.3. The van der Waals surface area contributed by atoms with E-state index in [1.807, 2.05) is 0 Å². The number of hydrogen-bond acceptors (Lipinski definition) is 5. The van der Waals surface area contributed by atoms with Crippen molar-refractivity contribution in [1.82, 2.24) is 15.0 Å². The number of aromatic nitrogens is 3. The normalized spacial score (nSPS) is 12.2. The molecular formula is C11H11ClN4O3. The van der Waals surface area contributed by atoms with Crippen molar-refractivity contribution < 1.29 is 9.66 Å². The van der Waals surface area contributed by atoms with Crippen molar-refractivity contribution in [3.8, 4) is 11.4 Å². The van der Waals surface area contributed by atoms with Gasteiger partial charge in [0.2, 0.25) is 0 Å². The first-order valence-corrected chi connectivity index (χ1v) is 5.85. The number of halogens is 1. The summed E-state index contributed by atoms with van der Waals surface area (Å²) in [6.07, 6.45) is 1.56. The summed E-state index contributed by atoms with van der Waals surface area (Å²) in [6, 6.07) is 4.50. The molecule has 0 aliphatic rings. The Morgan fingerprint density at radius 2 is 2.26 bits per heavy atom. The van der Waals surface area contributed by atoms with E-state index in [0.717, 1.165) is 0 Å². The lowest BCUT2D eigenvalue weighted by Crippen LogP contribution is -2.01. The van der Waals surface area contributed by atoms with Crippen molar-refractivity contribution in [3.63, 3.8) is 0 Å². The second kappa shape index (κ2) is 5.23. The Hall–Kier alpha value is -2.15. The van der Waals surface area contributed by atoms with Gasteiger partial charge in [0.05, 0.1) is 29.7 Å². The molecule has 0 saturated heterocycles. The number of nitrogens with zero attached hydrogens (tertiary/aromatic N) is 4. The van der Waals surface area contributed by atoms with Crippen molar-refractivity contribution in [2.24, 2.45) is 0 Å². The van der Waals surface area contributed by atoms with Crippen LogP contribution in [-0.4, -0.2) is 27.0 Å². The largest absolute Gasteiger partial charge is 0.496 e. The average Bonchev–Trinajstić information content (AvgIpc) is 2.87. The second-order valence-corrected chi connectivity index (χ2v) is 4.47. The van der Waals surface area contributed by atoms with Crippen molar-refractivity contribution in [2.75, 3.05) is 7.11 Å². The van der Waals surface area contributed by atoms with Gasteiger partial charge >= 0.3 is 0 Å². The summed E-state index contributed by atoms with van der Waals surface area (Å²) in [4.78, 5) is 10.6. The molecule has 0 saturated carbocycles. The van der Waals surface area contributed by atoms with E-state index in [0.29, 0.717) is 17.1 Å². The molecule has 1 unspecified atom stereocenters. The van der Waals surface area contributed by atoms with Crippen LogP contribution in [0.3, 0.4) is 0 Å². The SMILES string of the molecule is COc1ccc(-n2cc(C(C)Cl)nn2)c([N+](=O)[O-])c1. The summed E-state index contributed by atoms with van der Waals surface area (Å²) in [6.45, 7) is 1.75. The highest BCUT2D eigenvalue weighted by molar-refractivity contribution is 6.20. The molecule has 0 amide bonds. The van der Waals surface area contributed by atoms with Crippen LogP contribution in [0.5, 0.6) is 5.75 Å². The highest BCUT2D eigenvalue weighted by Gasteiger charge is 2.18. The molecule has 8 heteroatoms. The third-order valence-corrected chi connectivity index (χ3v) is 2.77. The van der Waals surface area contributed by atoms with Gasteiger partial charge in [0.15, 0.2) is 0 Å². The predicted octanol–water partition coefficient (Wildman–Crippen LogP) is 2.48. The Labute approximate surface area is 113 Å². The number of benzene rings is 1. The molecule has 7 nitrogen and oxygen atoms in total. The fourth-order valence-electron chi connectivity index (χ4n) is 1.55. The minimum Gasteiger partial charge on any atom is -0.496 e.